The van der Waals surface area contributed by atoms with E-state index in [1.54, 1.807) is 18.4 Å². The van der Waals surface area contributed by atoms with Crippen LogP contribution in [-0.2, 0) is 16.7 Å². The highest BCUT2D eigenvalue weighted by molar-refractivity contribution is 7.10. The number of aromatic nitrogens is 1. The molecule has 4 rings (SSSR count). The molecular weight excluding hydrogens is 418 g/mol. The number of ether oxygens (including phenoxy) is 2. The molecule has 0 aromatic carbocycles. The second kappa shape index (κ2) is 10.9. The molecule has 2 aliphatic rings. The summed E-state index contributed by atoms with van der Waals surface area (Å²) in [6, 6.07) is 8.41. The van der Waals surface area contributed by atoms with Crippen molar-refractivity contribution in [1.82, 2.24) is 10.3 Å². The third kappa shape index (κ3) is 6.15. The van der Waals surface area contributed by atoms with E-state index in [-0.39, 0.29) is 11.0 Å². The summed E-state index contributed by atoms with van der Waals surface area (Å²) in [6.07, 6.45) is 10.2. The molecule has 1 aliphatic carbocycles. The van der Waals surface area contributed by atoms with Crippen LogP contribution in [0.1, 0.15) is 55.5 Å². The first-order chi connectivity index (χ1) is 15.0. The number of pyridine rings is 1. The highest BCUT2D eigenvalue weighted by Crippen LogP contribution is 2.49. The Morgan fingerprint density at radius 1 is 1.32 bits per heavy atom. The van der Waals surface area contributed by atoms with Gasteiger partial charge in [0.2, 0.25) is 0 Å². The van der Waals surface area contributed by atoms with E-state index >= 15 is 0 Å². The average molecular weight is 450 g/mol. The Hall–Kier alpha value is -2.23. The van der Waals surface area contributed by atoms with Crippen LogP contribution in [0.4, 0.5) is 0 Å². The summed E-state index contributed by atoms with van der Waals surface area (Å²) in [4.78, 5) is 14.4. The van der Waals surface area contributed by atoms with Crippen LogP contribution in [-0.4, -0.2) is 41.1 Å². The van der Waals surface area contributed by atoms with Gasteiger partial charge < -0.3 is 20.0 Å². The molecule has 1 aliphatic heterocycles. The second-order valence-corrected chi connectivity index (χ2v) is 9.24. The summed E-state index contributed by atoms with van der Waals surface area (Å²) >= 11 is 1.75. The van der Waals surface area contributed by atoms with Gasteiger partial charge >= 0.3 is 0 Å². The Labute approximate surface area is 186 Å². The summed E-state index contributed by atoms with van der Waals surface area (Å²) < 4.78 is 11.8. The smallest absolute Gasteiger partial charge is 0.291 e. The van der Waals surface area contributed by atoms with Crippen LogP contribution < -0.4 is 10.1 Å². The van der Waals surface area contributed by atoms with E-state index in [0.717, 1.165) is 44.7 Å². The fraction of sp³-hybridized carbons (Fsp3) is 0.591. The molecule has 3 heterocycles. The Morgan fingerprint density at radius 2 is 2.10 bits per heavy atom. The zero-order valence-corrected chi connectivity index (χ0v) is 18.7. The Bertz CT molecular complexity index is 822. The Morgan fingerprint density at radius 3 is 2.77 bits per heavy atom. The van der Waals surface area contributed by atoms with Crippen molar-refractivity contribution < 1.29 is 19.8 Å². The lowest BCUT2D eigenvalue weighted by molar-refractivity contribution is -0.742. The van der Waals surface area contributed by atoms with Gasteiger partial charge in [0.1, 0.15) is 5.75 Å². The predicted molar refractivity (Wildman–Crippen MR) is 118 cm³/mol. The normalized spacial score (nSPS) is 22.0. The zero-order valence-electron chi connectivity index (χ0n) is 17.9. The van der Waals surface area contributed by atoms with Crippen LogP contribution in [0.2, 0.25) is 0 Å². The number of methoxy groups -OCH3 is 1. The molecule has 8 nitrogen and oxygen atoms in total. The zero-order chi connectivity index (χ0) is 22.2. The van der Waals surface area contributed by atoms with Gasteiger partial charge in [0, 0.05) is 30.5 Å². The lowest BCUT2D eigenvalue weighted by Gasteiger charge is -2.46. The molecule has 170 valence electrons. The van der Waals surface area contributed by atoms with Crippen molar-refractivity contribution in [1.29, 1.82) is 0 Å². The number of nitrogens with one attached hydrogen (secondary N) is 1. The van der Waals surface area contributed by atoms with Crippen molar-refractivity contribution in [2.24, 2.45) is 0 Å². The molecule has 2 aromatic heterocycles. The van der Waals surface area contributed by atoms with Gasteiger partial charge in [0.05, 0.1) is 17.6 Å². The fourth-order valence-corrected chi connectivity index (χ4v) is 5.77. The maximum absolute atomic E-state index is 8.36. The molecule has 1 saturated heterocycles. The lowest BCUT2D eigenvalue weighted by Crippen LogP contribution is -2.47. The summed E-state index contributed by atoms with van der Waals surface area (Å²) in [5.74, 6) is 0.989. The highest BCUT2D eigenvalue weighted by Gasteiger charge is 2.48. The van der Waals surface area contributed by atoms with Gasteiger partial charge in [0.25, 0.3) is 5.09 Å². The van der Waals surface area contributed by atoms with Crippen molar-refractivity contribution in [3.05, 3.63) is 56.5 Å². The van der Waals surface area contributed by atoms with Crippen molar-refractivity contribution in [2.45, 2.75) is 62.5 Å². The molecule has 31 heavy (non-hydrogen) atoms. The first-order valence-corrected chi connectivity index (χ1v) is 11.6. The fourth-order valence-electron chi connectivity index (χ4n) is 4.97. The van der Waals surface area contributed by atoms with Crippen LogP contribution in [0.15, 0.2) is 35.8 Å². The molecule has 0 unspecified atom stereocenters. The second-order valence-electron chi connectivity index (χ2n) is 8.24. The van der Waals surface area contributed by atoms with Crippen LogP contribution in [0.25, 0.3) is 0 Å². The monoisotopic (exact) mass is 449 g/mol. The van der Waals surface area contributed by atoms with Gasteiger partial charge in [-0.2, -0.15) is 0 Å². The maximum Gasteiger partial charge on any atom is 0.291 e. The number of hydrogen-bond donors (Lipinski definition) is 2. The summed E-state index contributed by atoms with van der Waals surface area (Å²) in [5, 5.41) is 19.4. The van der Waals surface area contributed by atoms with E-state index < -0.39 is 5.09 Å². The molecule has 2 N–H and O–H groups in total. The summed E-state index contributed by atoms with van der Waals surface area (Å²) in [7, 11) is 1.74. The number of thiophene rings is 1. The number of rotatable bonds is 7. The van der Waals surface area contributed by atoms with Crippen LogP contribution >= 0.6 is 11.3 Å². The molecule has 9 heteroatoms. The Kier molecular flexibility index (Phi) is 8.22. The van der Waals surface area contributed by atoms with Gasteiger partial charge in [-0.25, -0.2) is 0 Å². The largest absolute Gasteiger partial charge is 0.496 e. The van der Waals surface area contributed by atoms with Crippen molar-refractivity contribution in [2.75, 3.05) is 20.3 Å². The average Bonchev–Trinajstić information content (AvgIpc) is 3.41. The van der Waals surface area contributed by atoms with E-state index in [2.05, 4.69) is 22.8 Å². The first-order valence-electron chi connectivity index (χ1n) is 10.7. The molecule has 0 amide bonds. The third-order valence-corrected chi connectivity index (χ3v) is 7.26. The van der Waals surface area contributed by atoms with Gasteiger partial charge in [-0.15, -0.1) is 21.5 Å². The maximum atomic E-state index is 8.36. The molecule has 1 atom stereocenters. The van der Waals surface area contributed by atoms with Crippen LogP contribution in [0.5, 0.6) is 5.75 Å². The van der Waals surface area contributed by atoms with Crippen molar-refractivity contribution in [3.63, 3.8) is 0 Å². The quantitative estimate of drug-likeness (QED) is 0.368. The minimum absolute atomic E-state index is 0.0900. The van der Waals surface area contributed by atoms with Gasteiger partial charge in [0.15, 0.2) is 0 Å². The molecule has 0 radical (unpaired) electrons. The molecule has 1 spiro atoms. The summed E-state index contributed by atoms with van der Waals surface area (Å²) in [6.45, 7) is 2.70. The molecule has 2 aromatic rings. The molecule has 0 bridgehead atoms. The highest BCUT2D eigenvalue weighted by atomic mass is 32.1. The molecular formula is C22H31N3O5S. The predicted octanol–water partition coefficient (Wildman–Crippen LogP) is 4.34. The summed E-state index contributed by atoms with van der Waals surface area (Å²) in [5.41, 5.74) is 1.46. The SMILES string of the molecule is COc1ccsc1CNCC[C@@]1(c2ccccn2)CCOC2(CCCC2)C1.O=[N+]([O-])O. The topological polar surface area (TPSA) is 107 Å². The first kappa shape index (κ1) is 23.4. The van der Waals surface area contributed by atoms with E-state index in [9.17, 15) is 0 Å². The van der Waals surface area contributed by atoms with Crippen molar-refractivity contribution >= 4 is 11.3 Å². The minimum atomic E-state index is -1.50. The van der Waals surface area contributed by atoms with Gasteiger partial charge in [-0.3, -0.25) is 4.98 Å². The van der Waals surface area contributed by atoms with Crippen LogP contribution in [0.3, 0.4) is 0 Å². The van der Waals surface area contributed by atoms with E-state index in [4.69, 9.17) is 29.8 Å². The lowest BCUT2D eigenvalue weighted by atomic mass is 9.68. The molecule has 2 fully saturated rings. The molecule has 1 saturated carbocycles. The van der Waals surface area contributed by atoms with Gasteiger partial charge in [-0.05, 0) is 62.2 Å². The van der Waals surface area contributed by atoms with E-state index in [1.165, 1.54) is 36.3 Å². The standard InChI is InChI=1S/C22H30N2O2S.HNO3/c1-25-18-7-15-27-19(18)16-23-13-10-21(20-6-2-5-12-24-20)11-14-26-22(17-21)8-3-4-9-22;2-1(3)4/h2,5-7,12,15,23H,3-4,8-11,13-14,16-17H2,1H3;(H,2,3,4)/t21-;/m1./s1. The number of nitrogens with zero attached hydrogens (tertiary/aromatic N) is 2. The Balaban J connectivity index is 0.000000628. The van der Waals surface area contributed by atoms with Gasteiger partial charge in [-0.1, -0.05) is 18.9 Å². The number of hydrogen-bond acceptors (Lipinski definition) is 7. The third-order valence-electron chi connectivity index (χ3n) is 6.36. The minimum Gasteiger partial charge on any atom is -0.496 e. The van der Waals surface area contributed by atoms with Crippen LogP contribution in [0, 0.1) is 10.1 Å². The van der Waals surface area contributed by atoms with Crippen molar-refractivity contribution in [3.8, 4) is 5.75 Å². The van der Waals surface area contributed by atoms with E-state index in [1.807, 2.05) is 18.3 Å². The van der Waals surface area contributed by atoms with E-state index in [0.29, 0.717) is 0 Å².